The van der Waals surface area contributed by atoms with Crippen molar-refractivity contribution >= 4 is 11.7 Å². The van der Waals surface area contributed by atoms with E-state index in [0.29, 0.717) is 18.8 Å². The van der Waals surface area contributed by atoms with Crippen LogP contribution in [0.3, 0.4) is 0 Å². The Morgan fingerprint density at radius 1 is 0.854 bits per heavy atom. The highest BCUT2D eigenvalue weighted by Crippen LogP contribution is 2.38. The minimum absolute atomic E-state index is 0.0545. The molecular weight excluding hydrogens is 526 g/mol. The number of benzene rings is 3. The van der Waals surface area contributed by atoms with Crippen LogP contribution >= 0.6 is 0 Å². The van der Waals surface area contributed by atoms with Gasteiger partial charge in [-0.05, 0) is 50.1 Å². The number of carbonyl (C=O) groups is 1. The molecule has 8 heteroatoms. The molecule has 3 aromatic carbocycles. The predicted octanol–water partition coefficient (Wildman–Crippen LogP) is 6.96. The molecule has 0 radical (unpaired) electrons. The van der Waals surface area contributed by atoms with E-state index in [2.05, 4.69) is 4.98 Å². The summed E-state index contributed by atoms with van der Waals surface area (Å²) in [5.74, 6) is -1.85. The average molecular weight is 559 g/mol. The van der Waals surface area contributed by atoms with Gasteiger partial charge in [0.15, 0.2) is 0 Å². The molecule has 5 rings (SSSR count). The fourth-order valence-electron chi connectivity index (χ4n) is 4.48. The first-order valence-corrected chi connectivity index (χ1v) is 13.5. The molecule has 212 valence electrons. The Hall–Kier alpha value is -4.46. The number of hydrogen-bond acceptors (Lipinski definition) is 6. The van der Waals surface area contributed by atoms with Crippen molar-refractivity contribution in [2.75, 3.05) is 18.0 Å². The summed E-state index contributed by atoms with van der Waals surface area (Å²) in [6, 6.07) is 24.7. The molecule has 0 unspecified atom stereocenters. The number of hydrogen-bond donors (Lipinski definition) is 0. The third kappa shape index (κ3) is 7.01. The zero-order valence-corrected chi connectivity index (χ0v) is 23.3. The first-order valence-electron chi connectivity index (χ1n) is 13.5. The van der Waals surface area contributed by atoms with Crippen molar-refractivity contribution in [2.45, 2.75) is 39.6 Å². The van der Waals surface area contributed by atoms with Gasteiger partial charge in [-0.25, -0.2) is 8.78 Å². The van der Waals surface area contributed by atoms with Gasteiger partial charge in [-0.3, -0.25) is 4.79 Å². The maximum Gasteiger partial charge on any atom is 0.313 e. The summed E-state index contributed by atoms with van der Waals surface area (Å²) in [5.41, 5.74) is 1.52. The number of pyridine rings is 1. The third-order valence-electron chi connectivity index (χ3n) is 6.57. The van der Waals surface area contributed by atoms with Crippen LogP contribution in [-0.4, -0.2) is 29.6 Å². The van der Waals surface area contributed by atoms with Gasteiger partial charge in [0.05, 0.1) is 17.0 Å². The highest BCUT2D eigenvalue weighted by atomic mass is 19.1. The molecule has 0 atom stereocenters. The molecule has 1 aromatic heterocycles. The lowest BCUT2D eigenvalue weighted by Crippen LogP contribution is -2.52. The molecule has 1 aliphatic rings. The summed E-state index contributed by atoms with van der Waals surface area (Å²) in [4.78, 5) is 18.5. The molecule has 1 fully saturated rings. The normalized spacial score (nSPS) is 13.4. The van der Waals surface area contributed by atoms with E-state index in [0.717, 1.165) is 11.1 Å². The van der Waals surface area contributed by atoms with E-state index in [1.54, 1.807) is 37.8 Å². The van der Waals surface area contributed by atoms with Crippen LogP contribution in [0.1, 0.15) is 31.9 Å². The van der Waals surface area contributed by atoms with E-state index in [-0.39, 0.29) is 48.0 Å². The van der Waals surface area contributed by atoms with Crippen molar-refractivity contribution < 1.29 is 27.8 Å². The number of esters is 1. The molecule has 0 amide bonds. The molecule has 41 heavy (non-hydrogen) atoms. The van der Waals surface area contributed by atoms with E-state index in [1.165, 1.54) is 12.1 Å². The average Bonchev–Trinajstić information content (AvgIpc) is 2.90. The monoisotopic (exact) mass is 558 g/mol. The summed E-state index contributed by atoms with van der Waals surface area (Å²) in [6.45, 7) is 6.51. The summed E-state index contributed by atoms with van der Waals surface area (Å²) in [6.07, 6.45) is 0. The van der Waals surface area contributed by atoms with Crippen molar-refractivity contribution in [3.63, 3.8) is 0 Å². The standard InChI is InChI=1S/C33H32F2N2O4/c1-33(2,3)41-32(38)24-18-37(19-24)25-16-27(34)30(28(35)17-25)26-14-15-29(39-20-22-10-6-4-7-11-22)36-31(26)40-21-23-12-8-5-9-13-23/h4-17,24H,18-21H2,1-3H3. The van der Waals surface area contributed by atoms with Gasteiger partial charge < -0.3 is 19.1 Å². The third-order valence-corrected chi connectivity index (χ3v) is 6.57. The second kappa shape index (κ2) is 12.0. The Morgan fingerprint density at radius 3 is 1.98 bits per heavy atom. The molecule has 0 N–H and O–H groups in total. The largest absolute Gasteiger partial charge is 0.473 e. The molecule has 0 spiro atoms. The number of ether oxygens (including phenoxy) is 3. The van der Waals surface area contributed by atoms with Crippen LogP contribution in [0.5, 0.6) is 11.8 Å². The van der Waals surface area contributed by atoms with E-state index in [1.807, 2.05) is 60.7 Å². The highest BCUT2D eigenvalue weighted by molar-refractivity contribution is 5.78. The lowest BCUT2D eigenvalue weighted by Gasteiger charge is -2.40. The van der Waals surface area contributed by atoms with Crippen molar-refractivity contribution in [2.24, 2.45) is 5.92 Å². The summed E-state index contributed by atoms with van der Waals surface area (Å²) < 4.78 is 48.3. The minimum atomic E-state index is -0.759. The maximum absolute atomic E-state index is 15.5. The van der Waals surface area contributed by atoms with Crippen molar-refractivity contribution in [3.8, 4) is 22.9 Å². The van der Waals surface area contributed by atoms with Gasteiger partial charge in [-0.2, -0.15) is 4.98 Å². The van der Waals surface area contributed by atoms with Crippen molar-refractivity contribution in [1.29, 1.82) is 0 Å². The van der Waals surface area contributed by atoms with Crippen LogP contribution in [0.25, 0.3) is 11.1 Å². The Kier molecular flexibility index (Phi) is 8.19. The number of anilines is 1. The maximum atomic E-state index is 15.5. The van der Waals surface area contributed by atoms with Gasteiger partial charge in [0.2, 0.25) is 11.8 Å². The van der Waals surface area contributed by atoms with Crippen LogP contribution in [0.15, 0.2) is 84.9 Å². The molecule has 4 aromatic rings. The number of aromatic nitrogens is 1. The lowest BCUT2D eigenvalue weighted by atomic mass is 9.97. The van der Waals surface area contributed by atoms with Crippen molar-refractivity contribution in [3.05, 3.63) is 108 Å². The van der Waals surface area contributed by atoms with Crippen LogP contribution in [0, 0.1) is 17.6 Å². The highest BCUT2D eigenvalue weighted by Gasteiger charge is 2.36. The Bertz CT molecular complexity index is 1480. The SMILES string of the molecule is CC(C)(C)OC(=O)C1CN(c2cc(F)c(-c3ccc(OCc4ccccc4)nc3OCc3ccccc3)c(F)c2)C1. The Morgan fingerprint density at radius 2 is 1.41 bits per heavy atom. The van der Waals surface area contributed by atoms with Gasteiger partial charge in [0.25, 0.3) is 0 Å². The minimum Gasteiger partial charge on any atom is -0.473 e. The summed E-state index contributed by atoms with van der Waals surface area (Å²) >= 11 is 0. The first-order chi connectivity index (χ1) is 19.7. The number of halogens is 2. The lowest BCUT2D eigenvalue weighted by molar-refractivity contribution is -0.160. The Balaban J connectivity index is 1.37. The molecule has 1 saturated heterocycles. The zero-order valence-electron chi connectivity index (χ0n) is 23.3. The van der Waals surface area contributed by atoms with E-state index >= 15 is 8.78 Å². The second-order valence-electron chi connectivity index (χ2n) is 11.0. The van der Waals surface area contributed by atoms with Crippen LogP contribution in [-0.2, 0) is 22.7 Å². The van der Waals surface area contributed by atoms with Gasteiger partial charge in [0, 0.05) is 24.8 Å². The van der Waals surface area contributed by atoms with E-state index in [4.69, 9.17) is 14.2 Å². The van der Waals surface area contributed by atoms with Crippen molar-refractivity contribution in [1.82, 2.24) is 4.98 Å². The topological polar surface area (TPSA) is 60.9 Å². The fourth-order valence-corrected chi connectivity index (χ4v) is 4.48. The molecule has 0 saturated carbocycles. The smallest absolute Gasteiger partial charge is 0.313 e. The van der Waals surface area contributed by atoms with E-state index in [9.17, 15) is 4.79 Å². The number of rotatable bonds is 9. The molecule has 1 aliphatic heterocycles. The van der Waals surface area contributed by atoms with Gasteiger partial charge >= 0.3 is 5.97 Å². The zero-order chi connectivity index (χ0) is 29.0. The Labute approximate surface area is 238 Å². The summed E-state index contributed by atoms with van der Waals surface area (Å²) in [7, 11) is 0. The second-order valence-corrected chi connectivity index (χ2v) is 11.0. The molecular formula is C33H32F2N2O4. The summed E-state index contributed by atoms with van der Waals surface area (Å²) in [5, 5.41) is 0. The molecule has 0 bridgehead atoms. The predicted molar refractivity (Wildman–Crippen MR) is 153 cm³/mol. The fraction of sp³-hybridized carbons (Fsp3) is 0.273. The first kappa shape index (κ1) is 28.1. The van der Waals surface area contributed by atoms with Crippen LogP contribution in [0.4, 0.5) is 14.5 Å². The van der Waals surface area contributed by atoms with Crippen LogP contribution < -0.4 is 14.4 Å². The van der Waals surface area contributed by atoms with E-state index < -0.39 is 17.2 Å². The number of carbonyl (C=O) groups excluding carboxylic acids is 1. The van der Waals surface area contributed by atoms with Crippen LogP contribution in [0.2, 0.25) is 0 Å². The van der Waals surface area contributed by atoms with Gasteiger partial charge in [-0.15, -0.1) is 0 Å². The number of nitrogens with zero attached hydrogens (tertiary/aromatic N) is 2. The van der Waals surface area contributed by atoms with Gasteiger partial charge in [0.1, 0.15) is 30.4 Å². The molecule has 0 aliphatic carbocycles. The molecule has 2 heterocycles. The molecule has 6 nitrogen and oxygen atoms in total. The van der Waals surface area contributed by atoms with Gasteiger partial charge in [-0.1, -0.05) is 60.7 Å². The quantitative estimate of drug-likeness (QED) is 0.207.